The molecule has 0 spiro atoms. The van der Waals surface area contributed by atoms with E-state index in [1.807, 2.05) is 18.2 Å². The van der Waals surface area contributed by atoms with Crippen molar-refractivity contribution >= 4 is 60.9 Å². The van der Waals surface area contributed by atoms with Crippen LogP contribution in [0.1, 0.15) is 25.0 Å². The number of benzene rings is 8. The van der Waals surface area contributed by atoms with E-state index in [4.69, 9.17) is 8.83 Å². The maximum atomic E-state index is 6.63. The Bertz CT molecular complexity index is 3070. The molecule has 0 radical (unpaired) electrons. The third kappa shape index (κ3) is 4.55. The monoisotopic (exact) mass is 693 g/mol. The number of rotatable bonds is 5. The number of fused-ring (bicyclic) bond motifs is 9. The van der Waals surface area contributed by atoms with E-state index < -0.39 is 0 Å². The lowest BCUT2D eigenvalue weighted by Gasteiger charge is -2.28. The Labute approximate surface area is 313 Å². The second kappa shape index (κ2) is 11.6. The van der Waals surface area contributed by atoms with Crippen molar-refractivity contribution in [3.05, 3.63) is 187 Å². The summed E-state index contributed by atoms with van der Waals surface area (Å²) in [6, 6.07) is 62.9. The van der Waals surface area contributed by atoms with Gasteiger partial charge in [-0.2, -0.15) is 0 Å². The molecule has 256 valence electrons. The summed E-state index contributed by atoms with van der Waals surface area (Å²) in [6.45, 7) is 4.67. The molecule has 0 aliphatic heterocycles. The van der Waals surface area contributed by atoms with Crippen LogP contribution in [-0.4, -0.2) is 0 Å². The second-order valence-corrected chi connectivity index (χ2v) is 14.9. The lowest BCUT2D eigenvalue weighted by Crippen LogP contribution is -2.16. The van der Waals surface area contributed by atoms with E-state index in [1.54, 1.807) is 0 Å². The third-order valence-electron chi connectivity index (χ3n) is 11.5. The van der Waals surface area contributed by atoms with Crippen molar-refractivity contribution < 1.29 is 8.83 Å². The van der Waals surface area contributed by atoms with E-state index in [0.29, 0.717) is 0 Å². The van der Waals surface area contributed by atoms with Crippen LogP contribution in [-0.2, 0) is 5.41 Å². The first-order chi connectivity index (χ1) is 26.5. The third-order valence-corrected chi connectivity index (χ3v) is 11.5. The summed E-state index contributed by atoms with van der Waals surface area (Å²) in [5.41, 5.74) is 16.5. The van der Waals surface area contributed by atoms with Crippen molar-refractivity contribution in [2.45, 2.75) is 19.3 Å². The summed E-state index contributed by atoms with van der Waals surface area (Å²) in [5, 5.41) is 4.51. The normalized spacial score (nSPS) is 13.1. The van der Waals surface area contributed by atoms with Gasteiger partial charge in [-0.05, 0) is 81.4 Å². The molecule has 0 amide bonds. The minimum Gasteiger partial charge on any atom is -0.455 e. The highest BCUT2D eigenvalue weighted by Gasteiger charge is 2.36. The number of furan rings is 2. The molecular formula is C51H35NO2. The maximum Gasteiger partial charge on any atom is 0.159 e. The Kier molecular flexibility index (Phi) is 6.60. The minimum atomic E-state index is -0.120. The van der Waals surface area contributed by atoms with Crippen LogP contribution in [0.2, 0.25) is 0 Å². The quantitative estimate of drug-likeness (QED) is 0.180. The summed E-state index contributed by atoms with van der Waals surface area (Å²) in [7, 11) is 0. The highest BCUT2D eigenvalue weighted by Crippen LogP contribution is 2.51. The zero-order valence-corrected chi connectivity index (χ0v) is 30.0. The number of para-hydroxylation sites is 4. The van der Waals surface area contributed by atoms with E-state index in [9.17, 15) is 0 Å². The lowest BCUT2D eigenvalue weighted by molar-refractivity contribution is 0.660. The van der Waals surface area contributed by atoms with Gasteiger partial charge >= 0.3 is 0 Å². The summed E-state index contributed by atoms with van der Waals surface area (Å²) in [6.07, 6.45) is 0. The van der Waals surface area contributed by atoms with Gasteiger partial charge in [0.25, 0.3) is 0 Å². The van der Waals surface area contributed by atoms with Crippen LogP contribution >= 0.6 is 0 Å². The van der Waals surface area contributed by atoms with Crippen LogP contribution < -0.4 is 4.90 Å². The Morgan fingerprint density at radius 1 is 0.389 bits per heavy atom. The Morgan fingerprint density at radius 2 is 0.907 bits per heavy atom. The summed E-state index contributed by atoms with van der Waals surface area (Å²) in [5.74, 6) is 0. The van der Waals surface area contributed by atoms with Gasteiger partial charge in [0.2, 0.25) is 0 Å². The van der Waals surface area contributed by atoms with Crippen molar-refractivity contribution in [3.8, 4) is 33.4 Å². The number of hydrogen-bond acceptors (Lipinski definition) is 3. The minimum absolute atomic E-state index is 0.120. The lowest BCUT2D eigenvalue weighted by atomic mass is 9.82. The van der Waals surface area contributed by atoms with E-state index in [0.717, 1.165) is 83.2 Å². The largest absolute Gasteiger partial charge is 0.455 e. The maximum absolute atomic E-state index is 6.63. The summed E-state index contributed by atoms with van der Waals surface area (Å²) in [4.78, 5) is 2.35. The molecule has 3 heteroatoms. The van der Waals surface area contributed by atoms with Gasteiger partial charge in [0.15, 0.2) is 5.58 Å². The molecule has 2 aromatic heterocycles. The van der Waals surface area contributed by atoms with Crippen molar-refractivity contribution in [2.75, 3.05) is 4.90 Å². The molecule has 0 N–H and O–H groups in total. The molecule has 1 aliphatic rings. The molecule has 0 saturated carbocycles. The average molecular weight is 694 g/mol. The first kappa shape index (κ1) is 30.8. The summed E-state index contributed by atoms with van der Waals surface area (Å²) >= 11 is 0. The Hall–Kier alpha value is -6.84. The molecule has 0 unspecified atom stereocenters. The van der Waals surface area contributed by atoms with Gasteiger partial charge in [0.05, 0.1) is 5.69 Å². The van der Waals surface area contributed by atoms with Crippen LogP contribution in [0, 0.1) is 0 Å². The van der Waals surface area contributed by atoms with E-state index in [1.165, 1.54) is 22.3 Å². The average Bonchev–Trinajstić information content (AvgIpc) is 3.87. The van der Waals surface area contributed by atoms with Gasteiger partial charge in [-0.15, -0.1) is 0 Å². The van der Waals surface area contributed by atoms with E-state index in [-0.39, 0.29) is 5.41 Å². The van der Waals surface area contributed by atoms with Crippen LogP contribution in [0.5, 0.6) is 0 Å². The molecule has 1 aliphatic carbocycles. The topological polar surface area (TPSA) is 29.5 Å². The van der Waals surface area contributed by atoms with Crippen molar-refractivity contribution in [1.82, 2.24) is 0 Å². The molecule has 3 nitrogen and oxygen atoms in total. The van der Waals surface area contributed by atoms with Crippen LogP contribution in [0.25, 0.3) is 77.3 Å². The van der Waals surface area contributed by atoms with Gasteiger partial charge in [0, 0.05) is 43.9 Å². The molecule has 0 atom stereocenters. The van der Waals surface area contributed by atoms with Gasteiger partial charge in [-0.25, -0.2) is 0 Å². The van der Waals surface area contributed by atoms with Gasteiger partial charge < -0.3 is 13.7 Å². The molecule has 2 heterocycles. The predicted molar refractivity (Wildman–Crippen MR) is 224 cm³/mol. The first-order valence-corrected chi connectivity index (χ1v) is 18.6. The van der Waals surface area contributed by atoms with Crippen LogP contribution in [0.15, 0.2) is 185 Å². The predicted octanol–water partition coefficient (Wildman–Crippen LogP) is 14.6. The standard InChI is InChI=1S/C51H35NO2/c1-51(2)44-17-6-3-11-38(44)39-30-29-36(31-45(39)51)52(46-18-10-16-43-41-13-5-8-20-48(41)54-50(43)46)35-27-25-33(26-28-35)32-21-23-34(24-22-32)37-14-9-15-42-40-12-4-7-19-47(40)53-49(37)42/h3-31H,1-2H3. The summed E-state index contributed by atoms with van der Waals surface area (Å²) < 4.78 is 13.0. The molecular weight excluding hydrogens is 659 g/mol. The SMILES string of the molecule is CC1(C)c2ccccc2-c2ccc(N(c3ccc(-c4ccc(-c5cccc6c5oc5ccccc56)cc4)cc3)c3cccc4c3oc3ccccc34)cc21. The van der Waals surface area contributed by atoms with E-state index >= 15 is 0 Å². The highest BCUT2D eigenvalue weighted by molar-refractivity contribution is 6.11. The zero-order chi connectivity index (χ0) is 36.0. The second-order valence-electron chi connectivity index (χ2n) is 14.9. The van der Waals surface area contributed by atoms with E-state index in [2.05, 4.69) is 176 Å². The molecule has 0 fully saturated rings. The molecule has 11 rings (SSSR count). The number of hydrogen-bond donors (Lipinski definition) is 0. The van der Waals surface area contributed by atoms with Crippen molar-refractivity contribution in [3.63, 3.8) is 0 Å². The number of nitrogens with zero attached hydrogens (tertiary/aromatic N) is 1. The van der Waals surface area contributed by atoms with Crippen molar-refractivity contribution in [1.29, 1.82) is 0 Å². The Morgan fingerprint density at radius 3 is 1.65 bits per heavy atom. The van der Waals surface area contributed by atoms with Gasteiger partial charge in [-0.3, -0.25) is 0 Å². The number of anilines is 3. The zero-order valence-electron chi connectivity index (χ0n) is 30.0. The fourth-order valence-corrected chi connectivity index (χ4v) is 8.79. The molecule has 0 bridgehead atoms. The smallest absolute Gasteiger partial charge is 0.159 e. The molecule has 10 aromatic rings. The van der Waals surface area contributed by atoms with Crippen LogP contribution in [0.4, 0.5) is 17.1 Å². The van der Waals surface area contributed by atoms with Crippen LogP contribution in [0.3, 0.4) is 0 Å². The Balaban J connectivity index is 1.01. The van der Waals surface area contributed by atoms with Gasteiger partial charge in [-0.1, -0.05) is 147 Å². The molecule has 54 heavy (non-hydrogen) atoms. The molecule has 0 saturated heterocycles. The molecule has 8 aromatic carbocycles. The van der Waals surface area contributed by atoms with Crippen molar-refractivity contribution in [2.24, 2.45) is 0 Å². The highest BCUT2D eigenvalue weighted by atomic mass is 16.3. The fourth-order valence-electron chi connectivity index (χ4n) is 8.79. The fraction of sp³-hybridized carbons (Fsp3) is 0.0588. The first-order valence-electron chi connectivity index (χ1n) is 18.6. The van der Waals surface area contributed by atoms with Gasteiger partial charge in [0.1, 0.15) is 16.7 Å².